The Morgan fingerprint density at radius 1 is 0.784 bits per heavy atom. The van der Waals surface area contributed by atoms with E-state index in [4.69, 9.17) is 0 Å². The fraction of sp³-hybridized carbons (Fsp3) is 0. The first-order chi connectivity index (χ1) is 18.0. The molecule has 0 radical (unpaired) electrons. The number of pyridine rings is 1. The summed E-state index contributed by atoms with van der Waals surface area (Å²) in [5, 5.41) is 5.25. The van der Waals surface area contributed by atoms with Gasteiger partial charge in [-0.3, -0.25) is 19.4 Å². The van der Waals surface area contributed by atoms with Gasteiger partial charge in [-0.25, -0.2) is 4.39 Å². The molecular weight excluding hydrogens is 469 g/mol. The Labute approximate surface area is 213 Å². The molecule has 0 spiro atoms. The van der Waals surface area contributed by atoms with Crippen molar-refractivity contribution in [2.75, 3.05) is 5.32 Å². The van der Waals surface area contributed by atoms with Crippen LogP contribution in [0.25, 0.3) is 12.2 Å². The number of carbonyl (C=O) groups excluding carboxylic acids is 3. The van der Waals surface area contributed by atoms with Gasteiger partial charge >= 0.3 is 0 Å². The number of anilines is 1. The van der Waals surface area contributed by atoms with Crippen molar-refractivity contribution in [2.45, 2.75) is 0 Å². The molecular formula is C30H22FN3O3. The maximum absolute atomic E-state index is 14.3. The lowest BCUT2D eigenvalue weighted by molar-refractivity contribution is -0.113. The largest absolute Gasteiger partial charge is 0.321 e. The van der Waals surface area contributed by atoms with E-state index in [1.165, 1.54) is 30.4 Å². The topological polar surface area (TPSA) is 88.2 Å². The average molecular weight is 492 g/mol. The van der Waals surface area contributed by atoms with Crippen LogP contribution in [0.3, 0.4) is 0 Å². The molecule has 0 aliphatic rings. The molecule has 0 saturated carbocycles. The summed E-state index contributed by atoms with van der Waals surface area (Å²) in [6.07, 6.45) is 7.67. The van der Waals surface area contributed by atoms with Gasteiger partial charge < -0.3 is 10.6 Å². The van der Waals surface area contributed by atoms with Crippen LogP contribution in [-0.2, 0) is 4.79 Å². The zero-order chi connectivity index (χ0) is 26.0. The van der Waals surface area contributed by atoms with Crippen LogP contribution in [0, 0.1) is 5.82 Å². The summed E-state index contributed by atoms with van der Waals surface area (Å²) in [6, 6.07) is 24.2. The molecule has 4 rings (SSSR count). The first-order valence-corrected chi connectivity index (χ1v) is 11.4. The summed E-state index contributed by atoms with van der Waals surface area (Å²) in [6.45, 7) is 0. The third-order valence-corrected chi connectivity index (χ3v) is 5.27. The van der Waals surface area contributed by atoms with Gasteiger partial charge in [-0.05, 0) is 72.3 Å². The van der Waals surface area contributed by atoms with Crippen LogP contribution in [0.4, 0.5) is 10.1 Å². The monoisotopic (exact) mass is 491 g/mol. The summed E-state index contributed by atoms with van der Waals surface area (Å²) in [4.78, 5) is 42.2. The van der Waals surface area contributed by atoms with E-state index in [1.54, 1.807) is 85.2 Å². The number of rotatable bonds is 8. The van der Waals surface area contributed by atoms with Crippen molar-refractivity contribution in [1.82, 2.24) is 10.3 Å². The number of allylic oxidation sites excluding steroid dienone is 1. The van der Waals surface area contributed by atoms with E-state index in [-0.39, 0.29) is 17.0 Å². The zero-order valence-electron chi connectivity index (χ0n) is 19.6. The molecule has 4 aromatic rings. The lowest BCUT2D eigenvalue weighted by Gasteiger charge is -2.12. The number of hydrogen-bond acceptors (Lipinski definition) is 4. The molecule has 0 fully saturated rings. The minimum atomic E-state index is -0.650. The Morgan fingerprint density at radius 2 is 1.51 bits per heavy atom. The van der Waals surface area contributed by atoms with Gasteiger partial charge in [0.25, 0.3) is 11.8 Å². The Bertz CT molecular complexity index is 1470. The summed E-state index contributed by atoms with van der Waals surface area (Å²) in [5.41, 5.74) is 1.97. The van der Waals surface area contributed by atoms with Crippen LogP contribution in [0.15, 0.2) is 115 Å². The number of carbonyl (C=O) groups is 3. The van der Waals surface area contributed by atoms with E-state index in [1.807, 2.05) is 6.07 Å². The normalized spacial score (nSPS) is 11.2. The molecule has 182 valence electrons. The molecule has 0 aliphatic heterocycles. The minimum Gasteiger partial charge on any atom is -0.321 e. The number of aromatic nitrogens is 1. The minimum absolute atomic E-state index is 0.140. The van der Waals surface area contributed by atoms with Crippen LogP contribution < -0.4 is 10.6 Å². The quantitative estimate of drug-likeness (QED) is 0.251. The number of benzene rings is 3. The van der Waals surface area contributed by atoms with Crippen molar-refractivity contribution in [3.63, 3.8) is 0 Å². The van der Waals surface area contributed by atoms with Gasteiger partial charge in [0.1, 0.15) is 11.5 Å². The van der Waals surface area contributed by atoms with Crippen molar-refractivity contribution in [3.8, 4) is 0 Å². The van der Waals surface area contributed by atoms with Gasteiger partial charge in [0, 0.05) is 34.8 Å². The van der Waals surface area contributed by atoms with E-state index in [9.17, 15) is 18.8 Å². The van der Waals surface area contributed by atoms with Crippen LogP contribution >= 0.6 is 0 Å². The molecule has 0 saturated heterocycles. The van der Waals surface area contributed by atoms with Crippen molar-refractivity contribution in [3.05, 3.63) is 143 Å². The molecule has 0 atom stereocenters. The molecule has 7 heteroatoms. The van der Waals surface area contributed by atoms with E-state index < -0.39 is 17.6 Å². The Morgan fingerprint density at radius 3 is 2.22 bits per heavy atom. The number of nitrogens with one attached hydrogen (secondary N) is 2. The highest BCUT2D eigenvalue weighted by Gasteiger charge is 2.16. The van der Waals surface area contributed by atoms with Gasteiger partial charge in [0.15, 0.2) is 5.78 Å². The third kappa shape index (κ3) is 6.93. The first kappa shape index (κ1) is 24.9. The molecule has 1 aromatic heterocycles. The Balaban J connectivity index is 1.50. The highest BCUT2D eigenvalue weighted by atomic mass is 19.1. The molecule has 3 aromatic carbocycles. The predicted octanol–water partition coefficient (Wildman–Crippen LogP) is 5.53. The predicted molar refractivity (Wildman–Crippen MR) is 141 cm³/mol. The van der Waals surface area contributed by atoms with Crippen LogP contribution in [0.2, 0.25) is 0 Å². The zero-order valence-corrected chi connectivity index (χ0v) is 19.6. The highest BCUT2D eigenvalue weighted by molar-refractivity contribution is 6.11. The average Bonchev–Trinajstić information content (AvgIpc) is 2.94. The lowest BCUT2D eigenvalue weighted by Crippen LogP contribution is -2.30. The molecule has 6 nitrogen and oxygen atoms in total. The van der Waals surface area contributed by atoms with Crippen molar-refractivity contribution in [2.24, 2.45) is 0 Å². The maximum Gasteiger partial charge on any atom is 0.272 e. The molecule has 0 unspecified atom stereocenters. The molecule has 0 bridgehead atoms. The van der Waals surface area contributed by atoms with Crippen molar-refractivity contribution < 1.29 is 18.8 Å². The summed E-state index contributed by atoms with van der Waals surface area (Å²) >= 11 is 0. The van der Waals surface area contributed by atoms with E-state index in [2.05, 4.69) is 15.6 Å². The van der Waals surface area contributed by atoms with Crippen molar-refractivity contribution in [1.29, 1.82) is 0 Å². The second kappa shape index (κ2) is 12.0. The standard InChI is InChI=1S/C30H22FN3O3/c31-26-11-5-4-10-24(26)19-27(34-29(36)23-8-2-1-3-9-23)30(37)33-25-15-13-22(14-16-25)28(35)17-12-21-7-6-18-32-20-21/h1-20H,(H,33,37)(H,34,36)/b17-12+,27-19-. The Kier molecular flexibility index (Phi) is 8.08. The van der Waals surface area contributed by atoms with Gasteiger partial charge in [-0.15, -0.1) is 0 Å². The van der Waals surface area contributed by atoms with E-state index in [0.717, 1.165) is 5.56 Å². The number of hydrogen-bond donors (Lipinski definition) is 2. The van der Waals surface area contributed by atoms with E-state index in [0.29, 0.717) is 16.8 Å². The van der Waals surface area contributed by atoms with Gasteiger partial charge in [-0.1, -0.05) is 42.5 Å². The van der Waals surface area contributed by atoms with Gasteiger partial charge in [-0.2, -0.15) is 0 Å². The van der Waals surface area contributed by atoms with Crippen molar-refractivity contribution >= 4 is 35.4 Å². The lowest BCUT2D eigenvalue weighted by atomic mass is 10.1. The summed E-state index contributed by atoms with van der Waals surface area (Å²) in [7, 11) is 0. The molecule has 2 amide bonds. The summed E-state index contributed by atoms with van der Waals surface area (Å²) < 4.78 is 14.3. The van der Waals surface area contributed by atoms with Gasteiger partial charge in [0.2, 0.25) is 0 Å². The molecule has 2 N–H and O–H groups in total. The SMILES string of the molecule is O=C(Nc1ccc(C(=O)/C=C/c2cccnc2)cc1)/C(=C/c1ccccc1F)NC(=O)c1ccccc1. The van der Waals surface area contributed by atoms with Crippen LogP contribution in [-0.4, -0.2) is 22.6 Å². The number of nitrogens with zero attached hydrogens (tertiary/aromatic N) is 1. The third-order valence-electron chi connectivity index (χ3n) is 5.27. The summed E-state index contributed by atoms with van der Waals surface area (Å²) in [5.74, 6) is -1.91. The van der Waals surface area contributed by atoms with Crippen LogP contribution in [0.1, 0.15) is 31.8 Å². The highest BCUT2D eigenvalue weighted by Crippen LogP contribution is 2.15. The number of halogens is 1. The second-order valence-corrected chi connectivity index (χ2v) is 7.92. The smallest absolute Gasteiger partial charge is 0.272 e. The molecule has 1 heterocycles. The Hall–Kier alpha value is -5.17. The fourth-order valence-corrected chi connectivity index (χ4v) is 3.35. The number of amides is 2. The van der Waals surface area contributed by atoms with E-state index >= 15 is 0 Å². The van der Waals surface area contributed by atoms with Crippen LogP contribution in [0.5, 0.6) is 0 Å². The maximum atomic E-state index is 14.3. The second-order valence-electron chi connectivity index (χ2n) is 7.92. The van der Waals surface area contributed by atoms with Gasteiger partial charge in [0.05, 0.1) is 0 Å². The first-order valence-electron chi connectivity index (χ1n) is 11.4. The fourth-order valence-electron chi connectivity index (χ4n) is 3.35. The molecule has 0 aliphatic carbocycles. The molecule has 37 heavy (non-hydrogen) atoms. The number of ketones is 1.